The van der Waals surface area contributed by atoms with Crippen LogP contribution in [0.1, 0.15) is 71.7 Å². The second-order valence-corrected chi connectivity index (χ2v) is 11.1. The summed E-state index contributed by atoms with van der Waals surface area (Å²) in [4.78, 5) is 46.7. The monoisotopic (exact) mass is 511 g/mol. The molecule has 0 radical (unpaired) electrons. The third-order valence-electron chi connectivity index (χ3n) is 6.65. The molecule has 4 rings (SSSR count). The van der Waals surface area contributed by atoms with Gasteiger partial charge in [-0.2, -0.15) is 4.98 Å². The lowest BCUT2D eigenvalue weighted by atomic mass is 9.99. The van der Waals surface area contributed by atoms with E-state index in [2.05, 4.69) is 22.4 Å². The third kappa shape index (κ3) is 7.08. The van der Waals surface area contributed by atoms with Crippen molar-refractivity contribution in [3.63, 3.8) is 0 Å². The third-order valence-corrected chi connectivity index (χ3v) is 6.65. The molecule has 0 spiro atoms. The molecule has 3 atom stereocenters. The highest BCUT2D eigenvalue weighted by Crippen LogP contribution is 2.33. The number of nitrogens with one attached hydrogen (secondary N) is 1. The number of carbonyl (C=O) groups excluding carboxylic acids is 3. The number of rotatable bonds is 7. The van der Waals surface area contributed by atoms with Crippen molar-refractivity contribution in [3.8, 4) is 11.4 Å². The zero-order valence-corrected chi connectivity index (χ0v) is 22.1. The predicted molar refractivity (Wildman–Crippen MR) is 136 cm³/mol. The number of likely N-dealkylation sites (tertiary alicyclic amines) is 2. The minimum absolute atomic E-state index is 0.0353. The van der Waals surface area contributed by atoms with Crippen molar-refractivity contribution in [1.82, 2.24) is 25.3 Å². The Morgan fingerprint density at radius 2 is 1.97 bits per heavy atom. The van der Waals surface area contributed by atoms with Crippen molar-refractivity contribution in [2.24, 2.45) is 5.92 Å². The number of amides is 3. The molecule has 1 aromatic heterocycles. The van der Waals surface area contributed by atoms with Gasteiger partial charge in [-0.1, -0.05) is 42.4 Å². The average molecular weight is 512 g/mol. The Bertz CT molecular complexity index is 1100. The van der Waals surface area contributed by atoms with Crippen LogP contribution in [0.25, 0.3) is 11.4 Å². The summed E-state index contributed by atoms with van der Waals surface area (Å²) in [5.74, 6) is 1.16. The fraction of sp³-hybridized carbons (Fsp3) is 0.593. The SMILES string of the molecule is C[C@@H]1CCC(=O)N(C[C@H](CC(=O)N2CCC[C@H]2c2nc(-c3ccccc3)no2)NC(=O)OC(C)(C)C)C1. The Balaban J connectivity index is 1.46. The van der Waals surface area contributed by atoms with Crippen molar-refractivity contribution in [2.75, 3.05) is 19.6 Å². The number of benzene rings is 1. The number of piperidine rings is 1. The summed E-state index contributed by atoms with van der Waals surface area (Å²) in [5, 5.41) is 6.95. The van der Waals surface area contributed by atoms with Crippen molar-refractivity contribution >= 4 is 17.9 Å². The lowest BCUT2D eigenvalue weighted by Gasteiger charge is -2.34. The summed E-state index contributed by atoms with van der Waals surface area (Å²) in [6.45, 7) is 8.87. The fourth-order valence-electron chi connectivity index (χ4n) is 4.90. The van der Waals surface area contributed by atoms with Gasteiger partial charge in [0.05, 0.1) is 6.04 Å². The van der Waals surface area contributed by atoms with Gasteiger partial charge in [-0.3, -0.25) is 9.59 Å². The van der Waals surface area contributed by atoms with Crippen LogP contribution in [0.3, 0.4) is 0 Å². The molecule has 0 aliphatic carbocycles. The second-order valence-electron chi connectivity index (χ2n) is 11.1. The molecule has 2 saturated heterocycles. The summed E-state index contributed by atoms with van der Waals surface area (Å²) in [6, 6.07) is 8.63. The van der Waals surface area contributed by atoms with E-state index in [0.717, 1.165) is 18.4 Å². The quantitative estimate of drug-likeness (QED) is 0.598. The van der Waals surface area contributed by atoms with Crippen molar-refractivity contribution in [1.29, 1.82) is 0 Å². The Morgan fingerprint density at radius 1 is 1.22 bits per heavy atom. The highest BCUT2D eigenvalue weighted by molar-refractivity contribution is 5.80. The maximum atomic E-state index is 13.5. The van der Waals surface area contributed by atoms with E-state index < -0.39 is 17.7 Å². The molecule has 0 bridgehead atoms. The molecule has 2 aliphatic heterocycles. The van der Waals surface area contributed by atoms with Crippen LogP contribution in [0.15, 0.2) is 34.9 Å². The van der Waals surface area contributed by atoms with Crippen LogP contribution >= 0.6 is 0 Å². The largest absolute Gasteiger partial charge is 0.444 e. The Morgan fingerprint density at radius 3 is 2.70 bits per heavy atom. The van der Waals surface area contributed by atoms with Gasteiger partial charge < -0.3 is 24.4 Å². The Kier molecular flexibility index (Phi) is 8.14. The second kappa shape index (κ2) is 11.3. The fourth-order valence-corrected chi connectivity index (χ4v) is 4.90. The first-order valence-electron chi connectivity index (χ1n) is 13.0. The standard InChI is InChI=1S/C27H37N5O5/c1-18-12-13-22(33)31(16-18)17-20(28-26(35)36-27(2,3)4)15-23(34)32-14-8-11-21(32)25-29-24(30-37-25)19-9-6-5-7-10-19/h5-7,9-10,18,20-21H,8,11-17H2,1-4H3,(H,28,35)/t18-,20+,21+/m1/s1. The van der Waals surface area contributed by atoms with Crippen LogP contribution in [0, 0.1) is 5.92 Å². The van der Waals surface area contributed by atoms with E-state index in [1.54, 1.807) is 30.6 Å². The Labute approximate surface area is 217 Å². The van der Waals surface area contributed by atoms with Crippen LogP contribution in [0.4, 0.5) is 4.79 Å². The topological polar surface area (TPSA) is 118 Å². The summed E-state index contributed by atoms with van der Waals surface area (Å²) in [5.41, 5.74) is 0.165. The maximum Gasteiger partial charge on any atom is 0.407 e. The van der Waals surface area contributed by atoms with E-state index in [9.17, 15) is 14.4 Å². The normalized spacial score (nSPS) is 21.1. The van der Waals surface area contributed by atoms with E-state index in [0.29, 0.717) is 43.6 Å². The van der Waals surface area contributed by atoms with Gasteiger partial charge in [-0.05, 0) is 46.0 Å². The van der Waals surface area contributed by atoms with Gasteiger partial charge in [0.2, 0.25) is 23.5 Å². The summed E-state index contributed by atoms with van der Waals surface area (Å²) in [6.07, 6.45) is 2.28. The molecule has 3 heterocycles. The van der Waals surface area contributed by atoms with E-state index in [1.807, 2.05) is 30.3 Å². The lowest BCUT2D eigenvalue weighted by Crippen LogP contribution is -2.51. The highest BCUT2D eigenvalue weighted by atomic mass is 16.6. The number of alkyl carbamates (subject to hydrolysis) is 1. The van der Waals surface area contributed by atoms with Gasteiger partial charge in [0.15, 0.2) is 0 Å². The predicted octanol–water partition coefficient (Wildman–Crippen LogP) is 3.94. The molecule has 10 nitrogen and oxygen atoms in total. The first-order chi connectivity index (χ1) is 17.6. The molecule has 1 N–H and O–H groups in total. The van der Waals surface area contributed by atoms with Gasteiger partial charge in [-0.25, -0.2) is 4.79 Å². The summed E-state index contributed by atoms with van der Waals surface area (Å²) in [7, 11) is 0. The number of hydrogen-bond acceptors (Lipinski definition) is 7. The number of hydrogen-bond donors (Lipinski definition) is 1. The first kappa shape index (κ1) is 26.6. The molecule has 2 aromatic rings. The van der Waals surface area contributed by atoms with Crippen molar-refractivity contribution in [2.45, 2.75) is 77.5 Å². The van der Waals surface area contributed by atoms with Crippen LogP contribution < -0.4 is 5.32 Å². The molecule has 1 aromatic carbocycles. The van der Waals surface area contributed by atoms with Crippen LogP contribution in [0.5, 0.6) is 0 Å². The molecule has 2 fully saturated rings. The zero-order chi connectivity index (χ0) is 26.6. The highest BCUT2D eigenvalue weighted by Gasteiger charge is 2.36. The van der Waals surface area contributed by atoms with Crippen molar-refractivity contribution in [3.05, 3.63) is 36.2 Å². The molecule has 2 aliphatic rings. The molecule has 3 amide bonds. The van der Waals surface area contributed by atoms with E-state index in [-0.39, 0.29) is 30.8 Å². The number of nitrogens with zero attached hydrogens (tertiary/aromatic N) is 4. The van der Waals surface area contributed by atoms with E-state index in [1.165, 1.54) is 0 Å². The Hall–Kier alpha value is -3.43. The summed E-state index contributed by atoms with van der Waals surface area (Å²) >= 11 is 0. The van der Waals surface area contributed by atoms with Gasteiger partial charge in [0.1, 0.15) is 11.6 Å². The molecule has 37 heavy (non-hydrogen) atoms. The minimum Gasteiger partial charge on any atom is -0.444 e. The number of aromatic nitrogens is 2. The average Bonchev–Trinajstić information content (AvgIpc) is 3.50. The van der Waals surface area contributed by atoms with Gasteiger partial charge >= 0.3 is 6.09 Å². The van der Waals surface area contributed by atoms with Crippen LogP contribution in [0.2, 0.25) is 0 Å². The van der Waals surface area contributed by atoms with Gasteiger partial charge in [0, 0.05) is 38.0 Å². The van der Waals surface area contributed by atoms with E-state index in [4.69, 9.17) is 9.26 Å². The maximum absolute atomic E-state index is 13.5. The van der Waals surface area contributed by atoms with Gasteiger partial charge in [0.25, 0.3) is 0 Å². The van der Waals surface area contributed by atoms with Crippen molar-refractivity contribution < 1.29 is 23.6 Å². The zero-order valence-electron chi connectivity index (χ0n) is 22.1. The van der Waals surface area contributed by atoms with Crippen LogP contribution in [-0.2, 0) is 14.3 Å². The summed E-state index contributed by atoms with van der Waals surface area (Å²) < 4.78 is 11.0. The molecule has 0 unspecified atom stereocenters. The van der Waals surface area contributed by atoms with Crippen LogP contribution in [-0.4, -0.2) is 69.1 Å². The number of carbonyl (C=O) groups is 3. The smallest absolute Gasteiger partial charge is 0.407 e. The lowest BCUT2D eigenvalue weighted by molar-refractivity contribution is -0.137. The number of ether oxygens (including phenoxy) is 1. The minimum atomic E-state index is -0.678. The molecule has 0 saturated carbocycles. The van der Waals surface area contributed by atoms with E-state index >= 15 is 0 Å². The van der Waals surface area contributed by atoms with Gasteiger partial charge in [-0.15, -0.1) is 0 Å². The molecular formula is C27H37N5O5. The first-order valence-corrected chi connectivity index (χ1v) is 13.0. The molecular weight excluding hydrogens is 474 g/mol. The molecule has 10 heteroatoms. The molecule has 200 valence electrons.